The first-order chi connectivity index (χ1) is 7.19. The highest BCUT2D eigenvalue weighted by Crippen LogP contribution is 2.41. The molecular formula is C12H24N2S. The molecule has 0 spiro atoms. The molecule has 0 aromatic carbocycles. The maximum absolute atomic E-state index is 6.07. The van der Waals surface area contributed by atoms with Gasteiger partial charge in [0, 0.05) is 17.3 Å². The van der Waals surface area contributed by atoms with Crippen LogP contribution < -0.4 is 5.73 Å². The molecule has 3 heteroatoms. The topological polar surface area (TPSA) is 29.3 Å². The summed E-state index contributed by atoms with van der Waals surface area (Å²) in [5.74, 6) is 2.21. The van der Waals surface area contributed by atoms with Crippen molar-refractivity contribution in [3.8, 4) is 0 Å². The van der Waals surface area contributed by atoms with Crippen LogP contribution in [0, 0.1) is 5.92 Å². The molecule has 2 heterocycles. The number of rotatable bonds is 2. The zero-order valence-electron chi connectivity index (χ0n) is 10.0. The second kappa shape index (κ2) is 4.64. The number of nitrogens with two attached hydrogens (primary N) is 1. The van der Waals surface area contributed by atoms with Crippen molar-refractivity contribution in [2.24, 2.45) is 11.7 Å². The number of thioether (sulfide) groups is 1. The van der Waals surface area contributed by atoms with Crippen molar-refractivity contribution in [1.82, 2.24) is 4.90 Å². The second-order valence-corrected chi connectivity index (χ2v) is 6.69. The van der Waals surface area contributed by atoms with Crippen LogP contribution in [0.4, 0.5) is 0 Å². The molecule has 15 heavy (non-hydrogen) atoms. The summed E-state index contributed by atoms with van der Waals surface area (Å²) in [5, 5.41) is 0.718. The lowest BCUT2D eigenvalue weighted by Crippen LogP contribution is -2.59. The molecule has 2 atom stereocenters. The molecule has 0 radical (unpaired) electrons. The van der Waals surface area contributed by atoms with Gasteiger partial charge in [0.2, 0.25) is 0 Å². The smallest absolute Gasteiger partial charge is 0.0455 e. The average Bonchev–Trinajstić information content (AvgIpc) is 2.62. The zero-order chi connectivity index (χ0) is 10.9. The van der Waals surface area contributed by atoms with Crippen molar-refractivity contribution in [3.05, 3.63) is 0 Å². The molecule has 0 aliphatic carbocycles. The molecular weight excluding hydrogens is 204 g/mol. The molecule has 0 bridgehead atoms. The predicted octanol–water partition coefficient (Wildman–Crippen LogP) is 1.94. The van der Waals surface area contributed by atoms with E-state index < -0.39 is 0 Å². The van der Waals surface area contributed by atoms with Crippen LogP contribution in [-0.2, 0) is 0 Å². The van der Waals surface area contributed by atoms with Crippen molar-refractivity contribution in [1.29, 1.82) is 0 Å². The van der Waals surface area contributed by atoms with Crippen LogP contribution in [0.15, 0.2) is 0 Å². The quantitative estimate of drug-likeness (QED) is 0.783. The van der Waals surface area contributed by atoms with Crippen molar-refractivity contribution in [2.45, 2.75) is 43.9 Å². The predicted molar refractivity (Wildman–Crippen MR) is 68.3 cm³/mol. The summed E-state index contributed by atoms with van der Waals surface area (Å²) in [4.78, 5) is 2.69. The minimum absolute atomic E-state index is 0.324. The van der Waals surface area contributed by atoms with Crippen LogP contribution in [-0.4, -0.2) is 41.1 Å². The maximum atomic E-state index is 6.07. The van der Waals surface area contributed by atoms with Crippen LogP contribution in [0.2, 0.25) is 0 Å². The van der Waals surface area contributed by atoms with E-state index in [0.717, 1.165) is 17.7 Å². The molecule has 2 rings (SSSR count). The Morgan fingerprint density at radius 3 is 2.47 bits per heavy atom. The lowest BCUT2D eigenvalue weighted by molar-refractivity contribution is 0.0609. The van der Waals surface area contributed by atoms with Gasteiger partial charge in [0.1, 0.15) is 0 Å². The van der Waals surface area contributed by atoms with Crippen LogP contribution in [0.3, 0.4) is 0 Å². The Kier molecular flexibility index (Phi) is 3.63. The van der Waals surface area contributed by atoms with Crippen LogP contribution in [0.25, 0.3) is 0 Å². The summed E-state index contributed by atoms with van der Waals surface area (Å²) >= 11 is 2.10. The van der Waals surface area contributed by atoms with E-state index in [-0.39, 0.29) is 0 Å². The first kappa shape index (κ1) is 11.7. The minimum atomic E-state index is 0.324. The Morgan fingerprint density at radius 2 is 2.00 bits per heavy atom. The maximum Gasteiger partial charge on any atom is 0.0455 e. The van der Waals surface area contributed by atoms with Gasteiger partial charge in [-0.3, -0.25) is 4.90 Å². The Hall–Kier alpha value is 0.270. The largest absolute Gasteiger partial charge is 0.329 e. The van der Waals surface area contributed by atoms with Gasteiger partial charge in [-0.15, -0.1) is 0 Å². The van der Waals surface area contributed by atoms with Crippen molar-refractivity contribution in [2.75, 3.05) is 25.4 Å². The van der Waals surface area contributed by atoms with E-state index in [9.17, 15) is 0 Å². The van der Waals surface area contributed by atoms with Gasteiger partial charge in [-0.25, -0.2) is 0 Å². The van der Waals surface area contributed by atoms with E-state index in [2.05, 4.69) is 30.5 Å². The molecule has 2 N–H and O–H groups in total. The summed E-state index contributed by atoms with van der Waals surface area (Å²) < 4.78 is 0. The fourth-order valence-electron chi connectivity index (χ4n) is 3.04. The van der Waals surface area contributed by atoms with Crippen molar-refractivity contribution < 1.29 is 0 Å². The standard InChI is InChI=1S/C12H24N2S/c1-10-3-6-14(7-4-10)12(9-13)5-8-15-11(12)2/h10-11H,3-9,13H2,1-2H3. The van der Waals surface area contributed by atoms with E-state index >= 15 is 0 Å². The third kappa shape index (κ3) is 2.06. The first-order valence-electron chi connectivity index (χ1n) is 6.26. The third-order valence-electron chi connectivity index (χ3n) is 4.43. The first-order valence-corrected chi connectivity index (χ1v) is 7.30. The second-order valence-electron chi connectivity index (χ2n) is 5.24. The Morgan fingerprint density at radius 1 is 1.33 bits per heavy atom. The summed E-state index contributed by atoms with van der Waals surface area (Å²) in [5.41, 5.74) is 6.39. The van der Waals surface area contributed by atoms with Gasteiger partial charge in [-0.1, -0.05) is 13.8 Å². The van der Waals surface area contributed by atoms with Gasteiger partial charge < -0.3 is 5.73 Å². The van der Waals surface area contributed by atoms with Crippen molar-refractivity contribution in [3.63, 3.8) is 0 Å². The molecule has 2 nitrogen and oxygen atoms in total. The highest BCUT2D eigenvalue weighted by Gasteiger charge is 2.45. The SMILES string of the molecule is CC1CCN(C2(CN)CCSC2C)CC1. The Balaban J connectivity index is 2.06. The van der Waals surface area contributed by atoms with Gasteiger partial charge >= 0.3 is 0 Å². The molecule has 88 valence electrons. The van der Waals surface area contributed by atoms with Gasteiger partial charge in [0.25, 0.3) is 0 Å². The Labute approximate surface area is 98.0 Å². The van der Waals surface area contributed by atoms with E-state index in [1.165, 1.54) is 38.1 Å². The van der Waals surface area contributed by atoms with E-state index in [1.807, 2.05) is 0 Å². The fourth-order valence-corrected chi connectivity index (χ4v) is 4.54. The number of likely N-dealkylation sites (tertiary alicyclic amines) is 1. The molecule has 0 saturated carbocycles. The van der Waals surface area contributed by atoms with Gasteiger partial charge in [0.15, 0.2) is 0 Å². The van der Waals surface area contributed by atoms with E-state index in [4.69, 9.17) is 5.73 Å². The highest BCUT2D eigenvalue weighted by atomic mass is 32.2. The lowest BCUT2D eigenvalue weighted by Gasteiger charge is -2.46. The molecule has 2 unspecified atom stereocenters. The number of nitrogens with zero attached hydrogens (tertiary/aromatic N) is 1. The molecule has 0 aromatic rings. The van der Waals surface area contributed by atoms with Gasteiger partial charge in [-0.05, 0) is 44.0 Å². The van der Waals surface area contributed by atoms with Crippen LogP contribution >= 0.6 is 11.8 Å². The van der Waals surface area contributed by atoms with E-state index in [0.29, 0.717) is 5.54 Å². The number of piperidine rings is 1. The Bertz CT molecular complexity index is 214. The van der Waals surface area contributed by atoms with Gasteiger partial charge in [0.05, 0.1) is 0 Å². The summed E-state index contributed by atoms with van der Waals surface area (Å²) in [7, 11) is 0. The summed E-state index contributed by atoms with van der Waals surface area (Å²) in [6.45, 7) is 8.12. The fraction of sp³-hybridized carbons (Fsp3) is 1.00. The number of hydrogen-bond acceptors (Lipinski definition) is 3. The normalized spacial score (nSPS) is 39.8. The highest BCUT2D eigenvalue weighted by molar-refractivity contribution is 8.00. The molecule has 0 amide bonds. The van der Waals surface area contributed by atoms with Crippen LogP contribution in [0.1, 0.15) is 33.1 Å². The average molecular weight is 228 g/mol. The monoisotopic (exact) mass is 228 g/mol. The molecule has 2 saturated heterocycles. The van der Waals surface area contributed by atoms with Crippen LogP contribution in [0.5, 0.6) is 0 Å². The molecule has 0 aromatic heterocycles. The summed E-state index contributed by atoms with van der Waals surface area (Å²) in [6.07, 6.45) is 4.02. The molecule has 2 aliphatic rings. The molecule has 2 aliphatic heterocycles. The summed E-state index contributed by atoms with van der Waals surface area (Å²) in [6, 6.07) is 0. The minimum Gasteiger partial charge on any atom is -0.329 e. The van der Waals surface area contributed by atoms with E-state index in [1.54, 1.807) is 0 Å². The molecule has 2 fully saturated rings. The number of hydrogen-bond donors (Lipinski definition) is 1. The van der Waals surface area contributed by atoms with Gasteiger partial charge in [-0.2, -0.15) is 11.8 Å². The third-order valence-corrected chi connectivity index (χ3v) is 5.81. The van der Waals surface area contributed by atoms with Crippen molar-refractivity contribution >= 4 is 11.8 Å². The zero-order valence-corrected chi connectivity index (χ0v) is 10.9. The lowest BCUT2D eigenvalue weighted by atomic mass is 9.86.